The molecule has 2 fully saturated rings. The summed E-state index contributed by atoms with van der Waals surface area (Å²) in [5.41, 5.74) is 0.220. The molecule has 1 amide bonds. The van der Waals surface area contributed by atoms with Crippen molar-refractivity contribution in [2.45, 2.75) is 31.0 Å². The van der Waals surface area contributed by atoms with Gasteiger partial charge in [0.25, 0.3) is 5.91 Å². The molecule has 2 N–H and O–H groups in total. The van der Waals surface area contributed by atoms with Crippen molar-refractivity contribution >= 4 is 17.2 Å². The zero-order valence-electron chi connectivity index (χ0n) is 12.5. The number of nitrogens with one attached hydrogen (secondary N) is 2. The van der Waals surface area contributed by atoms with Gasteiger partial charge in [-0.25, -0.2) is 4.98 Å². The van der Waals surface area contributed by atoms with Gasteiger partial charge in [0.1, 0.15) is 11.7 Å². The van der Waals surface area contributed by atoms with Crippen LogP contribution in [0.2, 0.25) is 0 Å². The molecular weight excluding hydrogens is 329 g/mol. The van der Waals surface area contributed by atoms with Crippen LogP contribution in [-0.2, 0) is 0 Å². The van der Waals surface area contributed by atoms with Crippen LogP contribution in [0.25, 0.3) is 0 Å². The van der Waals surface area contributed by atoms with Crippen LogP contribution >= 0.6 is 11.3 Å². The maximum absolute atomic E-state index is 13.2. The van der Waals surface area contributed by atoms with Gasteiger partial charge in [0, 0.05) is 44.0 Å². The number of hydrogen-bond acceptors (Lipinski definition) is 5. The third-order valence-corrected chi connectivity index (χ3v) is 5.11. The van der Waals surface area contributed by atoms with Crippen LogP contribution in [0.1, 0.15) is 34.3 Å². The molecule has 3 rings (SSSR count). The number of thiazole rings is 1. The van der Waals surface area contributed by atoms with E-state index in [0.717, 1.165) is 17.8 Å². The fraction of sp³-hybridized carbons (Fsp3) is 0.714. The molecule has 128 valence electrons. The van der Waals surface area contributed by atoms with Crippen molar-refractivity contribution in [1.82, 2.24) is 20.5 Å². The van der Waals surface area contributed by atoms with Crippen LogP contribution < -0.4 is 10.6 Å². The molecule has 2 aliphatic rings. The first kappa shape index (κ1) is 16.7. The summed E-state index contributed by atoms with van der Waals surface area (Å²) in [6.45, 7) is 1.25. The first-order valence-corrected chi connectivity index (χ1v) is 8.58. The number of piperazine rings is 1. The number of alkyl halides is 3. The molecule has 0 aromatic carbocycles. The highest BCUT2D eigenvalue weighted by Crippen LogP contribution is 2.41. The molecule has 2 heterocycles. The molecule has 5 nitrogen and oxygen atoms in total. The highest BCUT2D eigenvalue weighted by molar-refractivity contribution is 7.10. The van der Waals surface area contributed by atoms with Gasteiger partial charge in [-0.05, 0) is 12.8 Å². The van der Waals surface area contributed by atoms with Crippen LogP contribution in [0.15, 0.2) is 5.38 Å². The Morgan fingerprint density at radius 1 is 1.43 bits per heavy atom. The summed E-state index contributed by atoms with van der Waals surface area (Å²) < 4.78 is 39.7. The molecule has 1 aliphatic heterocycles. The standard InChI is InChI=1S/C14H19F3N4OS/c15-14(16,17)11(21-5-3-18-4-6-21)7-19-12(22)10-8-23-13(20-10)9-1-2-9/h8-9,11,18H,1-7H2,(H,19,22). The Balaban J connectivity index is 1.59. The predicted octanol–water partition coefficient (Wildman–Crippen LogP) is 1.59. The number of aromatic nitrogens is 1. The molecule has 0 radical (unpaired) electrons. The van der Waals surface area contributed by atoms with Crippen molar-refractivity contribution < 1.29 is 18.0 Å². The van der Waals surface area contributed by atoms with Crippen LogP contribution in [0.4, 0.5) is 13.2 Å². The first-order chi connectivity index (χ1) is 10.9. The summed E-state index contributed by atoms with van der Waals surface area (Å²) in [6, 6.07) is -1.66. The normalized spacial score (nSPS) is 21.2. The maximum atomic E-state index is 13.2. The van der Waals surface area contributed by atoms with Gasteiger partial charge < -0.3 is 10.6 Å². The second-order valence-electron chi connectivity index (χ2n) is 5.90. The van der Waals surface area contributed by atoms with Gasteiger partial charge >= 0.3 is 6.18 Å². The lowest BCUT2D eigenvalue weighted by Gasteiger charge is -2.35. The monoisotopic (exact) mass is 348 g/mol. The fourth-order valence-corrected chi connectivity index (χ4v) is 3.61. The molecular formula is C14H19F3N4OS. The Morgan fingerprint density at radius 2 is 2.13 bits per heavy atom. The van der Waals surface area contributed by atoms with Crippen molar-refractivity contribution in [3.8, 4) is 0 Å². The lowest BCUT2D eigenvalue weighted by molar-refractivity contribution is -0.183. The fourth-order valence-electron chi connectivity index (χ4n) is 2.64. The van der Waals surface area contributed by atoms with Gasteiger partial charge in [-0.15, -0.1) is 11.3 Å². The molecule has 1 aliphatic carbocycles. The molecule has 23 heavy (non-hydrogen) atoms. The van der Waals surface area contributed by atoms with E-state index in [4.69, 9.17) is 0 Å². The topological polar surface area (TPSA) is 57.3 Å². The molecule has 0 bridgehead atoms. The molecule has 1 aromatic heterocycles. The van der Waals surface area contributed by atoms with Gasteiger partial charge in [0.05, 0.1) is 5.01 Å². The Kier molecular flexibility index (Phi) is 4.88. The van der Waals surface area contributed by atoms with E-state index in [2.05, 4.69) is 15.6 Å². The minimum atomic E-state index is -4.37. The van der Waals surface area contributed by atoms with Crippen molar-refractivity contribution in [2.24, 2.45) is 0 Å². The molecule has 1 aromatic rings. The van der Waals surface area contributed by atoms with Crippen LogP contribution in [0.5, 0.6) is 0 Å². The van der Waals surface area contributed by atoms with Gasteiger partial charge in [0.15, 0.2) is 0 Å². The number of halogens is 3. The van der Waals surface area contributed by atoms with E-state index >= 15 is 0 Å². The summed E-state index contributed by atoms with van der Waals surface area (Å²) in [6.07, 6.45) is -2.21. The average Bonchev–Trinajstić information content (AvgIpc) is 3.24. The summed E-state index contributed by atoms with van der Waals surface area (Å²) >= 11 is 1.40. The van der Waals surface area contributed by atoms with Crippen LogP contribution in [-0.4, -0.2) is 60.7 Å². The Hall–Kier alpha value is -1.19. The lowest BCUT2D eigenvalue weighted by Crippen LogP contribution is -2.57. The largest absolute Gasteiger partial charge is 0.405 e. The van der Waals surface area contributed by atoms with Crippen molar-refractivity contribution in [3.05, 3.63) is 16.1 Å². The van der Waals surface area contributed by atoms with E-state index in [9.17, 15) is 18.0 Å². The van der Waals surface area contributed by atoms with Gasteiger partial charge in [-0.2, -0.15) is 13.2 Å². The highest BCUT2D eigenvalue weighted by Gasteiger charge is 2.44. The second kappa shape index (κ2) is 6.74. The number of nitrogens with zero attached hydrogens (tertiary/aromatic N) is 2. The third-order valence-electron chi connectivity index (χ3n) is 4.11. The Labute approximate surface area is 136 Å². The molecule has 9 heteroatoms. The second-order valence-corrected chi connectivity index (χ2v) is 6.79. The molecule has 0 spiro atoms. The summed E-state index contributed by atoms with van der Waals surface area (Å²) in [4.78, 5) is 17.6. The number of rotatable bonds is 5. The quantitative estimate of drug-likeness (QED) is 0.848. The minimum absolute atomic E-state index is 0.220. The smallest absolute Gasteiger partial charge is 0.349 e. The zero-order valence-corrected chi connectivity index (χ0v) is 13.3. The van der Waals surface area contributed by atoms with E-state index < -0.39 is 24.7 Å². The third kappa shape index (κ3) is 4.21. The zero-order chi connectivity index (χ0) is 16.4. The predicted molar refractivity (Wildman–Crippen MR) is 80.7 cm³/mol. The molecule has 1 atom stereocenters. The highest BCUT2D eigenvalue weighted by atomic mass is 32.1. The van der Waals surface area contributed by atoms with Crippen molar-refractivity contribution in [1.29, 1.82) is 0 Å². The average molecular weight is 348 g/mol. The number of hydrogen-bond donors (Lipinski definition) is 2. The summed E-state index contributed by atoms with van der Waals surface area (Å²) in [5.74, 6) is -0.0946. The Morgan fingerprint density at radius 3 is 2.74 bits per heavy atom. The lowest BCUT2D eigenvalue weighted by atomic mass is 10.2. The van der Waals surface area contributed by atoms with Gasteiger partial charge in [-0.3, -0.25) is 9.69 Å². The molecule has 1 saturated heterocycles. The van der Waals surface area contributed by atoms with Crippen molar-refractivity contribution in [3.63, 3.8) is 0 Å². The SMILES string of the molecule is O=C(NCC(N1CCNCC1)C(F)(F)F)c1csc(C2CC2)n1. The number of carbonyl (C=O) groups excluding carboxylic acids is 1. The van der Waals surface area contributed by atoms with E-state index in [0.29, 0.717) is 32.1 Å². The molecule has 1 saturated carbocycles. The minimum Gasteiger partial charge on any atom is -0.349 e. The van der Waals surface area contributed by atoms with Gasteiger partial charge in [0.2, 0.25) is 0 Å². The Bertz CT molecular complexity index is 552. The van der Waals surface area contributed by atoms with Crippen molar-refractivity contribution in [2.75, 3.05) is 32.7 Å². The van der Waals surface area contributed by atoms with E-state index in [1.165, 1.54) is 16.2 Å². The van der Waals surface area contributed by atoms with E-state index in [1.54, 1.807) is 5.38 Å². The molecule has 1 unspecified atom stereocenters. The van der Waals surface area contributed by atoms with Crippen LogP contribution in [0, 0.1) is 0 Å². The van der Waals surface area contributed by atoms with Crippen LogP contribution in [0.3, 0.4) is 0 Å². The summed E-state index contributed by atoms with van der Waals surface area (Å²) in [5, 5.41) is 7.95. The van der Waals surface area contributed by atoms with E-state index in [1.807, 2.05) is 0 Å². The number of amides is 1. The maximum Gasteiger partial charge on any atom is 0.405 e. The number of carbonyl (C=O) groups is 1. The first-order valence-electron chi connectivity index (χ1n) is 7.70. The van der Waals surface area contributed by atoms with Gasteiger partial charge in [-0.1, -0.05) is 0 Å². The van der Waals surface area contributed by atoms with E-state index in [-0.39, 0.29) is 5.69 Å². The summed E-state index contributed by atoms with van der Waals surface area (Å²) in [7, 11) is 0.